The molecule has 2 aromatic rings. The second-order valence-electron chi connectivity index (χ2n) is 5.01. The molecule has 0 aliphatic heterocycles. The average molecular weight is 241 g/mol. The third-order valence-corrected chi connectivity index (χ3v) is 2.95. The van der Waals surface area contributed by atoms with Crippen molar-refractivity contribution in [2.75, 3.05) is 5.73 Å². The molecular formula is C15H19N3. The summed E-state index contributed by atoms with van der Waals surface area (Å²) in [5.41, 5.74) is 10.3. The Morgan fingerprint density at radius 3 is 2.44 bits per heavy atom. The van der Waals surface area contributed by atoms with Gasteiger partial charge in [-0.2, -0.15) is 0 Å². The van der Waals surface area contributed by atoms with Crippen molar-refractivity contribution in [1.29, 1.82) is 0 Å². The molecule has 2 N–H and O–H groups in total. The maximum Gasteiger partial charge on any atom is 0.133 e. The van der Waals surface area contributed by atoms with Gasteiger partial charge in [-0.15, -0.1) is 0 Å². The molecule has 0 aliphatic carbocycles. The summed E-state index contributed by atoms with van der Waals surface area (Å²) in [6, 6.07) is 8.19. The topological polar surface area (TPSA) is 51.8 Å². The smallest absolute Gasteiger partial charge is 0.133 e. The first-order valence-corrected chi connectivity index (χ1v) is 6.19. The highest BCUT2D eigenvalue weighted by atomic mass is 14.9. The molecule has 0 radical (unpaired) electrons. The number of hydrogen-bond donors (Lipinski definition) is 1. The van der Waals surface area contributed by atoms with E-state index in [0.29, 0.717) is 5.82 Å². The number of hydrogen-bond acceptors (Lipinski definition) is 3. The van der Waals surface area contributed by atoms with Crippen LogP contribution in [0.4, 0.5) is 5.82 Å². The van der Waals surface area contributed by atoms with Crippen LogP contribution in [0.15, 0.2) is 24.3 Å². The van der Waals surface area contributed by atoms with Gasteiger partial charge in [0, 0.05) is 17.5 Å². The van der Waals surface area contributed by atoms with Crippen LogP contribution in [0.2, 0.25) is 0 Å². The Balaban J connectivity index is 2.60. The lowest BCUT2D eigenvalue weighted by Crippen LogP contribution is -2.03. The standard InChI is InChI=1S/C15H19N3/c1-9(2)15-17-13(8-14(16)18-15)12-7-10(3)5-6-11(12)4/h5-9H,1-4H3,(H2,16,17,18). The fourth-order valence-corrected chi connectivity index (χ4v) is 1.89. The van der Waals surface area contributed by atoms with Crippen molar-refractivity contribution in [2.45, 2.75) is 33.6 Å². The first kappa shape index (κ1) is 12.6. The molecule has 1 aromatic carbocycles. The predicted molar refractivity (Wildman–Crippen MR) is 75.4 cm³/mol. The highest BCUT2D eigenvalue weighted by Crippen LogP contribution is 2.25. The largest absolute Gasteiger partial charge is 0.384 e. The number of nitrogens with zero attached hydrogens (tertiary/aromatic N) is 2. The number of anilines is 1. The van der Waals surface area contributed by atoms with E-state index in [1.54, 1.807) is 0 Å². The Morgan fingerprint density at radius 1 is 1.06 bits per heavy atom. The molecule has 3 nitrogen and oxygen atoms in total. The predicted octanol–water partition coefficient (Wildman–Crippen LogP) is 3.47. The Hall–Kier alpha value is -1.90. The molecule has 0 saturated carbocycles. The number of nitrogens with two attached hydrogens (primary N) is 1. The third kappa shape index (κ3) is 2.50. The first-order valence-electron chi connectivity index (χ1n) is 6.19. The van der Waals surface area contributed by atoms with E-state index in [1.165, 1.54) is 11.1 Å². The molecule has 0 fully saturated rings. The van der Waals surface area contributed by atoms with Crippen LogP contribution >= 0.6 is 0 Å². The van der Waals surface area contributed by atoms with Crippen LogP contribution in [-0.4, -0.2) is 9.97 Å². The Labute approximate surface area is 108 Å². The number of rotatable bonds is 2. The van der Waals surface area contributed by atoms with Gasteiger partial charge in [0.15, 0.2) is 0 Å². The van der Waals surface area contributed by atoms with E-state index in [9.17, 15) is 0 Å². The molecule has 1 heterocycles. The van der Waals surface area contributed by atoms with E-state index in [0.717, 1.165) is 17.1 Å². The molecule has 18 heavy (non-hydrogen) atoms. The van der Waals surface area contributed by atoms with E-state index in [1.807, 2.05) is 6.07 Å². The summed E-state index contributed by atoms with van der Waals surface area (Å²) in [5.74, 6) is 1.60. The molecule has 0 saturated heterocycles. The van der Waals surface area contributed by atoms with E-state index >= 15 is 0 Å². The average Bonchev–Trinajstić information content (AvgIpc) is 2.31. The quantitative estimate of drug-likeness (QED) is 0.876. The van der Waals surface area contributed by atoms with Gasteiger partial charge >= 0.3 is 0 Å². The zero-order valence-corrected chi connectivity index (χ0v) is 11.4. The zero-order valence-electron chi connectivity index (χ0n) is 11.4. The summed E-state index contributed by atoms with van der Waals surface area (Å²) in [7, 11) is 0. The van der Waals surface area contributed by atoms with Crippen LogP contribution in [0.3, 0.4) is 0 Å². The molecule has 0 amide bonds. The van der Waals surface area contributed by atoms with E-state index in [2.05, 4.69) is 55.9 Å². The third-order valence-electron chi connectivity index (χ3n) is 2.95. The summed E-state index contributed by atoms with van der Waals surface area (Å²) in [6.45, 7) is 8.31. The number of nitrogen functional groups attached to an aromatic ring is 1. The molecular weight excluding hydrogens is 222 g/mol. The molecule has 0 aliphatic rings. The minimum Gasteiger partial charge on any atom is -0.384 e. The zero-order chi connectivity index (χ0) is 13.3. The fraction of sp³-hybridized carbons (Fsp3) is 0.333. The van der Waals surface area contributed by atoms with Crippen molar-refractivity contribution in [3.05, 3.63) is 41.2 Å². The molecule has 3 heteroatoms. The highest BCUT2D eigenvalue weighted by Gasteiger charge is 2.10. The fourth-order valence-electron chi connectivity index (χ4n) is 1.89. The second-order valence-corrected chi connectivity index (χ2v) is 5.01. The van der Waals surface area contributed by atoms with E-state index in [-0.39, 0.29) is 5.92 Å². The molecule has 94 valence electrons. The van der Waals surface area contributed by atoms with Crippen LogP contribution in [0.25, 0.3) is 11.3 Å². The maximum atomic E-state index is 5.87. The molecule has 1 aromatic heterocycles. The lowest BCUT2D eigenvalue weighted by molar-refractivity contribution is 0.778. The van der Waals surface area contributed by atoms with Crippen molar-refractivity contribution in [3.63, 3.8) is 0 Å². The van der Waals surface area contributed by atoms with Gasteiger partial charge in [-0.25, -0.2) is 9.97 Å². The highest BCUT2D eigenvalue weighted by molar-refractivity contribution is 5.66. The molecule has 0 unspecified atom stereocenters. The van der Waals surface area contributed by atoms with Gasteiger partial charge in [-0.05, 0) is 25.5 Å². The summed E-state index contributed by atoms with van der Waals surface area (Å²) < 4.78 is 0. The Bertz CT molecular complexity index is 574. The van der Waals surface area contributed by atoms with Gasteiger partial charge in [0.05, 0.1) is 5.69 Å². The van der Waals surface area contributed by atoms with Crippen LogP contribution < -0.4 is 5.73 Å². The van der Waals surface area contributed by atoms with Crippen molar-refractivity contribution in [2.24, 2.45) is 0 Å². The van der Waals surface area contributed by atoms with Crippen LogP contribution in [0.1, 0.15) is 36.7 Å². The number of aryl methyl sites for hydroxylation is 2. The summed E-state index contributed by atoms with van der Waals surface area (Å²) in [4.78, 5) is 8.89. The van der Waals surface area contributed by atoms with Gasteiger partial charge in [0.2, 0.25) is 0 Å². The van der Waals surface area contributed by atoms with E-state index < -0.39 is 0 Å². The lowest BCUT2D eigenvalue weighted by atomic mass is 10.0. The van der Waals surface area contributed by atoms with Gasteiger partial charge in [-0.1, -0.05) is 31.5 Å². The van der Waals surface area contributed by atoms with Crippen LogP contribution in [-0.2, 0) is 0 Å². The van der Waals surface area contributed by atoms with Gasteiger partial charge < -0.3 is 5.73 Å². The van der Waals surface area contributed by atoms with Gasteiger partial charge in [0.25, 0.3) is 0 Å². The maximum absolute atomic E-state index is 5.87. The van der Waals surface area contributed by atoms with Crippen molar-refractivity contribution in [3.8, 4) is 11.3 Å². The minimum atomic E-state index is 0.275. The van der Waals surface area contributed by atoms with E-state index in [4.69, 9.17) is 5.73 Å². The SMILES string of the molecule is Cc1ccc(C)c(-c2cc(N)nc(C(C)C)n2)c1. The van der Waals surface area contributed by atoms with Crippen LogP contribution in [0.5, 0.6) is 0 Å². The summed E-state index contributed by atoms with van der Waals surface area (Å²) in [5, 5.41) is 0. The van der Waals surface area contributed by atoms with Crippen LogP contribution in [0, 0.1) is 13.8 Å². The van der Waals surface area contributed by atoms with Crippen molar-refractivity contribution < 1.29 is 0 Å². The summed E-state index contributed by atoms with van der Waals surface area (Å²) >= 11 is 0. The van der Waals surface area contributed by atoms with Gasteiger partial charge in [0.1, 0.15) is 11.6 Å². The molecule has 0 atom stereocenters. The lowest BCUT2D eigenvalue weighted by Gasteiger charge is -2.10. The molecule has 2 rings (SSSR count). The van der Waals surface area contributed by atoms with Gasteiger partial charge in [-0.3, -0.25) is 0 Å². The minimum absolute atomic E-state index is 0.275. The second kappa shape index (κ2) is 4.77. The Morgan fingerprint density at radius 2 is 1.78 bits per heavy atom. The monoisotopic (exact) mass is 241 g/mol. The summed E-state index contributed by atoms with van der Waals surface area (Å²) in [6.07, 6.45) is 0. The Kier molecular flexibility index (Phi) is 3.32. The van der Waals surface area contributed by atoms with Crippen molar-refractivity contribution >= 4 is 5.82 Å². The molecule has 0 bridgehead atoms. The first-order chi connectivity index (χ1) is 8.47. The molecule has 0 spiro atoms. The normalized spacial score (nSPS) is 10.9. The number of benzene rings is 1. The van der Waals surface area contributed by atoms with Crippen molar-refractivity contribution in [1.82, 2.24) is 9.97 Å². The number of aromatic nitrogens is 2.